The van der Waals surface area contributed by atoms with Gasteiger partial charge in [-0.2, -0.15) is 0 Å². The minimum atomic E-state index is -0.00120. The number of fused-ring (bicyclic) bond motifs is 1. The third-order valence-corrected chi connectivity index (χ3v) is 3.19. The molecule has 0 bridgehead atoms. The molecule has 2 rings (SSSR count). The Bertz CT molecular complexity index is 163. The van der Waals surface area contributed by atoms with Crippen LogP contribution in [0.25, 0.3) is 0 Å². The van der Waals surface area contributed by atoms with Gasteiger partial charge in [-0.05, 0) is 37.5 Å². The second kappa shape index (κ2) is 8.96. The van der Waals surface area contributed by atoms with Crippen LogP contribution in [0.3, 0.4) is 0 Å². The van der Waals surface area contributed by atoms with Gasteiger partial charge in [-0.3, -0.25) is 0 Å². The molecule has 2 aliphatic carbocycles. The zero-order chi connectivity index (χ0) is 11.7. The van der Waals surface area contributed by atoms with Crippen LogP contribution in [0.1, 0.15) is 59.8 Å². The summed E-state index contributed by atoms with van der Waals surface area (Å²) in [7, 11) is 0. The third-order valence-electron chi connectivity index (χ3n) is 3.19. The zero-order valence-corrected chi connectivity index (χ0v) is 10.9. The number of hydrogen-bond acceptors (Lipinski definition) is 1. The molecule has 1 saturated carbocycles. The molecular formula is C14H28O. The lowest BCUT2D eigenvalue weighted by Gasteiger charge is -2.36. The predicted molar refractivity (Wildman–Crippen MR) is 67.9 cm³/mol. The van der Waals surface area contributed by atoms with E-state index in [0.29, 0.717) is 5.92 Å². The average molecular weight is 212 g/mol. The number of rotatable bonds is 0. The first-order valence-corrected chi connectivity index (χ1v) is 6.71. The highest BCUT2D eigenvalue weighted by molar-refractivity contribution is 4.98. The number of aliphatic hydroxyl groups is 1. The fraction of sp³-hybridized carbons (Fsp3) is 0.857. The molecule has 0 aromatic rings. The van der Waals surface area contributed by atoms with Gasteiger partial charge in [0.1, 0.15) is 0 Å². The topological polar surface area (TPSA) is 20.2 Å². The first kappa shape index (κ1) is 14.7. The van der Waals surface area contributed by atoms with Crippen molar-refractivity contribution in [2.45, 2.75) is 65.9 Å². The van der Waals surface area contributed by atoms with Gasteiger partial charge in [0.15, 0.2) is 0 Å². The summed E-state index contributed by atoms with van der Waals surface area (Å²) in [6.07, 6.45) is 10.4. The third kappa shape index (κ3) is 4.38. The maximum atomic E-state index is 9.67. The van der Waals surface area contributed by atoms with E-state index in [9.17, 15) is 5.11 Å². The Kier molecular flexibility index (Phi) is 8.79. The average Bonchev–Trinajstić information content (AvgIpc) is 2.35. The monoisotopic (exact) mass is 212 g/mol. The quantitative estimate of drug-likeness (QED) is 0.598. The van der Waals surface area contributed by atoms with Crippen LogP contribution < -0.4 is 0 Å². The van der Waals surface area contributed by atoms with Gasteiger partial charge in [0.25, 0.3) is 0 Å². The number of hydrogen-bond donors (Lipinski definition) is 1. The van der Waals surface area contributed by atoms with Crippen LogP contribution in [0, 0.1) is 11.8 Å². The molecule has 0 aromatic carbocycles. The molecule has 1 heteroatoms. The molecule has 1 N–H and O–H groups in total. The van der Waals surface area contributed by atoms with Crippen molar-refractivity contribution in [3.63, 3.8) is 0 Å². The molecule has 0 heterocycles. The van der Waals surface area contributed by atoms with E-state index in [1.165, 1.54) is 19.3 Å². The Balaban J connectivity index is 0.000000442. The summed E-state index contributed by atoms with van der Waals surface area (Å²) in [6, 6.07) is 0. The Morgan fingerprint density at radius 3 is 2.13 bits per heavy atom. The molecule has 15 heavy (non-hydrogen) atoms. The van der Waals surface area contributed by atoms with Crippen LogP contribution in [0.2, 0.25) is 0 Å². The summed E-state index contributed by atoms with van der Waals surface area (Å²) in [5, 5.41) is 9.67. The molecular weight excluding hydrogens is 184 g/mol. The van der Waals surface area contributed by atoms with Crippen LogP contribution in [0.4, 0.5) is 0 Å². The molecule has 0 aliphatic heterocycles. The summed E-state index contributed by atoms with van der Waals surface area (Å²) in [5.74, 6) is 1.39. The van der Waals surface area contributed by atoms with Crippen LogP contribution >= 0.6 is 0 Å². The molecule has 90 valence electrons. The highest BCUT2D eigenvalue weighted by atomic mass is 16.3. The van der Waals surface area contributed by atoms with Gasteiger partial charge in [-0.1, -0.05) is 46.3 Å². The normalized spacial score (nSPS) is 32.7. The molecule has 3 unspecified atom stereocenters. The predicted octanol–water partition coefficient (Wildman–Crippen LogP) is 4.17. The summed E-state index contributed by atoms with van der Waals surface area (Å²) >= 11 is 0. The molecule has 2 aliphatic rings. The lowest BCUT2D eigenvalue weighted by atomic mass is 9.72. The van der Waals surface area contributed by atoms with Gasteiger partial charge in [0.2, 0.25) is 0 Å². The Hall–Kier alpha value is -0.300. The largest absolute Gasteiger partial charge is 0.393 e. The standard InChI is InChI=1S/C10H16O.2C2H6/c11-10-7-3-5-8-4-1-2-6-9(8)10;2*1-2/h1-2,8-11H,3-7H2;2*1-2H3. The van der Waals surface area contributed by atoms with Gasteiger partial charge >= 0.3 is 0 Å². The molecule has 3 atom stereocenters. The van der Waals surface area contributed by atoms with Crippen molar-refractivity contribution >= 4 is 0 Å². The molecule has 1 fully saturated rings. The summed E-state index contributed by atoms with van der Waals surface area (Å²) in [6.45, 7) is 8.00. The van der Waals surface area contributed by atoms with Crippen LogP contribution in [0.15, 0.2) is 12.2 Å². The minimum Gasteiger partial charge on any atom is -0.393 e. The lowest BCUT2D eigenvalue weighted by molar-refractivity contribution is 0.0317. The number of aliphatic hydroxyl groups excluding tert-OH is 1. The van der Waals surface area contributed by atoms with E-state index < -0.39 is 0 Å². The van der Waals surface area contributed by atoms with E-state index in [1.54, 1.807) is 0 Å². The van der Waals surface area contributed by atoms with E-state index in [1.807, 2.05) is 27.7 Å². The van der Waals surface area contributed by atoms with Crippen molar-refractivity contribution in [1.29, 1.82) is 0 Å². The van der Waals surface area contributed by atoms with E-state index in [4.69, 9.17) is 0 Å². The van der Waals surface area contributed by atoms with Crippen LogP contribution in [0.5, 0.6) is 0 Å². The smallest absolute Gasteiger partial charge is 0.0574 e. The fourth-order valence-corrected chi connectivity index (χ4v) is 2.50. The molecule has 1 nitrogen and oxygen atoms in total. The molecule has 0 spiro atoms. The Morgan fingerprint density at radius 2 is 1.53 bits per heavy atom. The minimum absolute atomic E-state index is 0.00120. The lowest BCUT2D eigenvalue weighted by Crippen LogP contribution is -2.33. The molecule has 0 amide bonds. The van der Waals surface area contributed by atoms with Gasteiger partial charge in [-0.25, -0.2) is 0 Å². The van der Waals surface area contributed by atoms with Crippen molar-refractivity contribution in [2.75, 3.05) is 0 Å². The maximum Gasteiger partial charge on any atom is 0.0574 e. The highest BCUT2D eigenvalue weighted by Gasteiger charge is 2.31. The summed E-state index contributed by atoms with van der Waals surface area (Å²) in [4.78, 5) is 0. The van der Waals surface area contributed by atoms with Crippen molar-refractivity contribution in [2.24, 2.45) is 11.8 Å². The van der Waals surface area contributed by atoms with Crippen molar-refractivity contribution < 1.29 is 5.11 Å². The summed E-state index contributed by atoms with van der Waals surface area (Å²) in [5.41, 5.74) is 0. The summed E-state index contributed by atoms with van der Waals surface area (Å²) < 4.78 is 0. The first-order chi connectivity index (χ1) is 7.38. The Morgan fingerprint density at radius 1 is 0.933 bits per heavy atom. The maximum absolute atomic E-state index is 9.67. The van der Waals surface area contributed by atoms with Crippen LogP contribution in [-0.2, 0) is 0 Å². The fourth-order valence-electron chi connectivity index (χ4n) is 2.50. The second-order valence-electron chi connectivity index (χ2n) is 3.86. The van der Waals surface area contributed by atoms with E-state index in [0.717, 1.165) is 18.8 Å². The molecule has 0 radical (unpaired) electrons. The van der Waals surface area contributed by atoms with Gasteiger partial charge in [0.05, 0.1) is 6.10 Å². The van der Waals surface area contributed by atoms with E-state index in [2.05, 4.69) is 12.2 Å². The van der Waals surface area contributed by atoms with Gasteiger partial charge in [0, 0.05) is 0 Å². The Labute approximate surface area is 95.6 Å². The molecule has 0 aromatic heterocycles. The van der Waals surface area contributed by atoms with Crippen molar-refractivity contribution in [1.82, 2.24) is 0 Å². The van der Waals surface area contributed by atoms with Crippen molar-refractivity contribution in [3.8, 4) is 0 Å². The van der Waals surface area contributed by atoms with Gasteiger partial charge in [-0.15, -0.1) is 0 Å². The zero-order valence-electron chi connectivity index (χ0n) is 10.9. The van der Waals surface area contributed by atoms with Crippen LogP contribution in [-0.4, -0.2) is 11.2 Å². The van der Waals surface area contributed by atoms with E-state index >= 15 is 0 Å². The number of allylic oxidation sites excluding steroid dienone is 2. The van der Waals surface area contributed by atoms with Crippen molar-refractivity contribution in [3.05, 3.63) is 12.2 Å². The van der Waals surface area contributed by atoms with Gasteiger partial charge < -0.3 is 5.11 Å². The SMILES string of the molecule is CC.CC.OC1CCCC2CC=CCC12. The second-order valence-corrected chi connectivity index (χ2v) is 3.86. The highest BCUT2D eigenvalue weighted by Crippen LogP contribution is 2.37. The van der Waals surface area contributed by atoms with E-state index in [-0.39, 0.29) is 6.10 Å². The molecule has 0 saturated heterocycles. The first-order valence-electron chi connectivity index (χ1n) is 6.71.